The number of amides is 2. The van der Waals surface area contributed by atoms with Crippen molar-refractivity contribution in [2.45, 2.75) is 32.7 Å². The van der Waals surface area contributed by atoms with Crippen molar-refractivity contribution in [2.75, 3.05) is 18.4 Å². The number of rotatable bonds is 3. The second-order valence-corrected chi connectivity index (χ2v) is 8.53. The molecule has 4 rings (SSSR count). The molecule has 2 aromatic heterocycles. The SMILES string of the molecule is CC(=O)N1CCC(n2ncc(Cl)c2C(=O)Nc2ncc(C#Cc3ccc(F)cc3)cc2C)CC1. The molecule has 0 unspecified atom stereocenters. The van der Waals surface area contributed by atoms with Gasteiger partial charge < -0.3 is 10.2 Å². The Kier molecular flexibility index (Phi) is 6.94. The van der Waals surface area contributed by atoms with Gasteiger partial charge in [0.1, 0.15) is 17.3 Å². The molecule has 34 heavy (non-hydrogen) atoms. The molecule has 1 aromatic carbocycles. The van der Waals surface area contributed by atoms with E-state index in [1.54, 1.807) is 34.8 Å². The predicted octanol–water partition coefficient (Wildman–Crippen LogP) is 4.21. The van der Waals surface area contributed by atoms with Gasteiger partial charge in [-0.3, -0.25) is 14.3 Å². The van der Waals surface area contributed by atoms with E-state index >= 15 is 0 Å². The van der Waals surface area contributed by atoms with E-state index in [1.807, 2.05) is 13.0 Å². The Morgan fingerprint density at radius 3 is 2.44 bits per heavy atom. The molecule has 1 aliphatic heterocycles. The highest BCUT2D eigenvalue weighted by Gasteiger charge is 2.28. The average molecular weight is 480 g/mol. The lowest BCUT2D eigenvalue weighted by Gasteiger charge is -2.32. The van der Waals surface area contributed by atoms with Crippen LogP contribution in [0.2, 0.25) is 5.02 Å². The van der Waals surface area contributed by atoms with Gasteiger partial charge in [0, 0.05) is 37.3 Å². The maximum absolute atomic E-state index is 13.1. The fourth-order valence-corrected chi connectivity index (χ4v) is 4.09. The maximum atomic E-state index is 13.1. The molecule has 1 fully saturated rings. The summed E-state index contributed by atoms with van der Waals surface area (Å²) in [6.07, 6.45) is 4.41. The monoisotopic (exact) mass is 479 g/mol. The van der Waals surface area contributed by atoms with Crippen molar-refractivity contribution in [1.29, 1.82) is 0 Å². The first-order chi connectivity index (χ1) is 16.3. The van der Waals surface area contributed by atoms with E-state index in [1.165, 1.54) is 18.3 Å². The van der Waals surface area contributed by atoms with E-state index in [4.69, 9.17) is 11.6 Å². The van der Waals surface area contributed by atoms with Crippen LogP contribution in [0, 0.1) is 24.6 Å². The van der Waals surface area contributed by atoms with Crippen LogP contribution in [0.1, 0.15) is 53.0 Å². The van der Waals surface area contributed by atoms with Gasteiger partial charge in [-0.1, -0.05) is 23.4 Å². The fraction of sp³-hybridized carbons (Fsp3) is 0.280. The summed E-state index contributed by atoms with van der Waals surface area (Å²) >= 11 is 6.31. The van der Waals surface area contributed by atoms with E-state index in [-0.39, 0.29) is 28.5 Å². The highest BCUT2D eigenvalue weighted by atomic mass is 35.5. The first kappa shape index (κ1) is 23.5. The molecular formula is C25H23ClFN5O2. The number of nitrogens with one attached hydrogen (secondary N) is 1. The minimum absolute atomic E-state index is 0.0259. The number of likely N-dealkylation sites (tertiary alicyclic amines) is 1. The Hall–Kier alpha value is -3.70. The maximum Gasteiger partial charge on any atom is 0.276 e. The van der Waals surface area contributed by atoms with Crippen LogP contribution in [0.4, 0.5) is 10.2 Å². The van der Waals surface area contributed by atoms with Crippen LogP contribution in [0.15, 0.2) is 42.7 Å². The van der Waals surface area contributed by atoms with Crippen LogP contribution >= 0.6 is 11.6 Å². The van der Waals surface area contributed by atoms with Crippen LogP contribution in [0.3, 0.4) is 0 Å². The number of aryl methyl sites for hydroxylation is 1. The molecule has 0 spiro atoms. The van der Waals surface area contributed by atoms with Gasteiger partial charge in [0.25, 0.3) is 5.91 Å². The Morgan fingerprint density at radius 2 is 1.79 bits per heavy atom. The molecule has 0 aliphatic carbocycles. The Bertz CT molecular complexity index is 1280. The van der Waals surface area contributed by atoms with Crippen LogP contribution in [0.25, 0.3) is 0 Å². The van der Waals surface area contributed by atoms with Crippen LogP contribution in [0.5, 0.6) is 0 Å². The number of piperidine rings is 1. The number of carbonyl (C=O) groups is 2. The molecule has 3 heterocycles. The standard InChI is InChI=1S/C25H23ClFN5O2/c1-16-13-19(4-3-18-5-7-20(27)8-6-18)14-28-24(16)30-25(34)23-22(26)15-29-32(23)21-9-11-31(12-10-21)17(2)33/h5-8,13-15,21H,9-12H2,1-2H3,(H,28,30,34). The summed E-state index contributed by atoms with van der Waals surface area (Å²) in [5, 5.41) is 7.40. The van der Waals surface area contributed by atoms with Gasteiger partial charge in [-0.2, -0.15) is 5.10 Å². The second-order valence-electron chi connectivity index (χ2n) is 8.12. The smallest absolute Gasteiger partial charge is 0.276 e. The number of aromatic nitrogens is 3. The third-order valence-electron chi connectivity index (χ3n) is 5.73. The van der Waals surface area contributed by atoms with Crippen molar-refractivity contribution in [1.82, 2.24) is 19.7 Å². The predicted molar refractivity (Wildman–Crippen MR) is 127 cm³/mol. The third-order valence-corrected chi connectivity index (χ3v) is 6.00. The number of carbonyl (C=O) groups excluding carboxylic acids is 2. The first-order valence-electron chi connectivity index (χ1n) is 10.9. The molecule has 0 atom stereocenters. The van der Waals surface area contributed by atoms with Crippen LogP contribution in [-0.2, 0) is 4.79 Å². The molecule has 0 radical (unpaired) electrons. The summed E-state index contributed by atoms with van der Waals surface area (Å²) in [5.41, 5.74) is 2.36. The second kappa shape index (κ2) is 10.1. The van der Waals surface area contributed by atoms with E-state index in [9.17, 15) is 14.0 Å². The molecule has 7 nitrogen and oxygen atoms in total. The highest BCUT2D eigenvalue weighted by Crippen LogP contribution is 2.27. The normalized spacial score (nSPS) is 13.8. The van der Waals surface area contributed by atoms with Crippen molar-refractivity contribution in [3.05, 3.63) is 75.9 Å². The molecule has 2 amide bonds. The van der Waals surface area contributed by atoms with Crippen molar-refractivity contribution in [3.63, 3.8) is 0 Å². The lowest BCUT2D eigenvalue weighted by molar-refractivity contribution is -0.130. The van der Waals surface area contributed by atoms with Crippen molar-refractivity contribution >= 4 is 29.2 Å². The minimum atomic E-state index is -0.405. The summed E-state index contributed by atoms with van der Waals surface area (Å²) in [7, 11) is 0. The number of halogens is 2. The quantitative estimate of drug-likeness (QED) is 0.570. The van der Waals surface area contributed by atoms with Crippen LogP contribution in [-0.4, -0.2) is 44.6 Å². The number of nitrogens with zero attached hydrogens (tertiary/aromatic N) is 4. The fourth-order valence-electron chi connectivity index (χ4n) is 3.87. The third kappa shape index (κ3) is 5.26. The van der Waals surface area contributed by atoms with Gasteiger partial charge in [0.05, 0.1) is 17.3 Å². The van der Waals surface area contributed by atoms with E-state index in [0.29, 0.717) is 42.9 Å². The lowest BCUT2D eigenvalue weighted by Crippen LogP contribution is -2.38. The molecule has 9 heteroatoms. The Labute approximate surface area is 201 Å². The van der Waals surface area contributed by atoms with Gasteiger partial charge >= 0.3 is 0 Å². The van der Waals surface area contributed by atoms with Crippen molar-refractivity contribution < 1.29 is 14.0 Å². The zero-order chi connectivity index (χ0) is 24.2. The van der Waals surface area contributed by atoms with Gasteiger partial charge in [-0.25, -0.2) is 9.37 Å². The van der Waals surface area contributed by atoms with Crippen LogP contribution < -0.4 is 5.32 Å². The zero-order valence-corrected chi connectivity index (χ0v) is 19.6. The summed E-state index contributed by atoms with van der Waals surface area (Å²) in [6, 6.07) is 7.71. The summed E-state index contributed by atoms with van der Waals surface area (Å²) < 4.78 is 14.7. The molecule has 1 N–H and O–H groups in total. The highest BCUT2D eigenvalue weighted by molar-refractivity contribution is 6.34. The minimum Gasteiger partial charge on any atom is -0.343 e. The molecule has 1 aliphatic rings. The number of hydrogen-bond acceptors (Lipinski definition) is 4. The average Bonchev–Trinajstić information content (AvgIpc) is 3.21. The number of pyridine rings is 1. The molecule has 1 saturated heterocycles. The van der Waals surface area contributed by atoms with E-state index in [2.05, 4.69) is 27.2 Å². The summed E-state index contributed by atoms with van der Waals surface area (Å²) in [4.78, 5) is 30.8. The van der Waals surface area contributed by atoms with E-state index < -0.39 is 5.91 Å². The molecule has 3 aromatic rings. The molecule has 174 valence electrons. The Morgan fingerprint density at radius 1 is 1.12 bits per heavy atom. The number of anilines is 1. The summed E-state index contributed by atoms with van der Waals surface area (Å²) in [6.45, 7) is 4.60. The lowest BCUT2D eigenvalue weighted by atomic mass is 10.0. The van der Waals surface area contributed by atoms with Gasteiger partial charge in [0.15, 0.2) is 0 Å². The van der Waals surface area contributed by atoms with Gasteiger partial charge in [-0.15, -0.1) is 0 Å². The number of hydrogen-bond donors (Lipinski definition) is 1. The van der Waals surface area contributed by atoms with E-state index in [0.717, 1.165) is 5.56 Å². The van der Waals surface area contributed by atoms with Gasteiger partial charge in [0.2, 0.25) is 5.91 Å². The molecule has 0 bridgehead atoms. The number of benzene rings is 1. The topological polar surface area (TPSA) is 80.1 Å². The largest absolute Gasteiger partial charge is 0.343 e. The molecular weight excluding hydrogens is 457 g/mol. The first-order valence-corrected chi connectivity index (χ1v) is 11.2. The van der Waals surface area contributed by atoms with Crippen molar-refractivity contribution in [2.24, 2.45) is 0 Å². The van der Waals surface area contributed by atoms with Crippen molar-refractivity contribution in [3.8, 4) is 11.8 Å². The van der Waals surface area contributed by atoms with Gasteiger partial charge in [-0.05, 0) is 55.7 Å². The molecule has 0 saturated carbocycles. The zero-order valence-electron chi connectivity index (χ0n) is 18.8. The Balaban J connectivity index is 1.48. The summed E-state index contributed by atoms with van der Waals surface area (Å²) in [5.74, 6) is 5.67.